The summed E-state index contributed by atoms with van der Waals surface area (Å²) < 4.78 is 18.4. The molecule has 0 saturated carbocycles. The van der Waals surface area contributed by atoms with E-state index in [1.54, 1.807) is 0 Å². The molecule has 19 heavy (non-hydrogen) atoms. The van der Waals surface area contributed by atoms with E-state index in [2.05, 4.69) is 36.2 Å². The molecule has 0 aliphatic rings. The van der Waals surface area contributed by atoms with E-state index in [1.807, 2.05) is 0 Å². The lowest BCUT2D eigenvalue weighted by Gasteiger charge is -2.10. The third kappa shape index (κ3) is 3.43. The highest BCUT2D eigenvalue weighted by Crippen LogP contribution is 2.33. The van der Waals surface area contributed by atoms with Gasteiger partial charge in [0, 0.05) is 4.47 Å². The predicted octanol–water partition coefficient (Wildman–Crippen LogP) is 3.83. The largest absolute Gasteiger partial charge is 0.467 e. The van der Waals surface area contributed by atoms with Crippen molar-refractivity contribution in [3.63, 3.8) is 0 Å². The van der Waals surface area contributed by atoms with Crippen molar-refractivity contribution in [2.75, 3.05) is 12.4 Å². The van der Waals surface area contributed by atoms with Gasteiger partial charge in [-0.25, -0.2) is 4.39 Å². The summed E-state index contributed by atoms with van der Waals surface area (Å²) in [5.74, 6) is -0.334. The van der Waals surface area contributed by atoms with Crippen LogP contribution in [-0.4, -0.2) is 22.1 Å². The Hall–Kier alpha value is -1.18. The molecule has 2 rings (SSSR count). The second-order valence-corrected chi connectivity index (χ2v) is 4.88. The topological polar surface area (TPSA) is 59.9 Å². The molecule has 2 aromatic rings. The summed E-state index contributed by atoms with van der Waals surface area (Å²) in [5.41, 5.74) is 0.410. The summed E-state index contributed by atoms with van der Waals surface area (Å²) in [6.07, 6.45) is 0. The van der Waals surface area contributed by atoms with Crippen molar-refractivity contribution in [2.45, 2.75) is 0 Å². The zero-order valence-corrected chi connectivity index (χ0v) is 12.5. The van der Waals surface area contributed by atoms with Crippen LogP contribution in [0.15, 0.2) is 16.6 Å². The number of nitrogens with one attached hydrogen (secondary N) is 1. The van der Waals surface area contributed by atoms with Gasteiger partial charge in [-0.05, 0) is 39.7 Å². The molecule has 0 atom stereocenters. The van der Waals surface area contributed by atoms with Crippen molar-refractivity contribution in [3.8, 4) is 6.01 Å². The van der Waals surface area contributed by atoms with E-state index in [0.717, 1.165) is 6.07 Å². The fraction of sp³-hybridized carbons (Fsp3) is 0.100. The Balaban J connectivity index is 2.39. The van der Waals surface area contributed by atoms with Gasteiger partial charge in [0.15, 0.2) is 0 Å². The lowest BCUT2D eigenvalue weighted by Crippen LogP contribution is -2.02. The second kappa shape index (κ2) is 5.85. The minimum Gasteiger partial charge on any atom is -0.467 e. The number of aromatic nitrogens is 3. The van der Waals surface area contributed by atoms with Crippen molar-refractivity contribution >= 4 is 50.8 Å². The Kier molecular flexibility index (Phi) is 4.38. The zero-order valence-electron chi connectivity index (χ0n) is 9.42. The first-order valence-corrected chi connectivity index (χ1v) is 6.41. The number of rotatable bonds is 3. The molecule has 0 radical (unpaired) electrons. The van der Waals surface area contributed by atoms with Gasteiger partial charge in [0.05, 0.1) is 17.8 Å². The summed E-state index contributed by atoms with van der Waals surface area (Å²) in [4.78, 5) is 11.5. The SMILES string of the molecule is COc1nc(Cl)nc(Nc2c(Cl)cc(F)cc2Br)n1. The zero-order chi connectivity index (χ0) is 14.0. The smallest absolute Gasteiger partial charge is 0.322 e. The number of halogens is 4. The Bertz CT molecular complexity index is 605. The highest BCUT2D eigenvalue weighted by atomic mass is 79.9. The molecule has 0 aliphatic heterocycles. The molecule has 1 aromatic carbocycles. The van der Waals surface area contributed by atoms with Crippen molar-refractivity contribution in [1.82, 2.24) is 15.0 Å². The van der Waals surface area contributed by atoms with Gasteiger partial charge in [0.2, 0.25) is 11.2 Å². The lowest BCUT2D eigenvalue weighted by molar-refractivity contribution is 0.379. The van der Waals surface area contributed by atoms with Crippen LogP contribution in [0.2, 0.25) is 10.3 Å². The Morgan fingerprint density at radius 1 is 1.26 bits per heavy atom. The van der Waals surface area contributed by atoms with Crippen molar-refractivity contribution < 1.29 is 9.13 Å². The first-order valence-electron chi connectivity index (χ1n) is 4.86. The number of hydrogen-bond donors (Lipinski definition) is 1. The normalized spacial score (nSPS) is 10.4. The maximum absolute atomic E-state index is 13.1. The first kappa shape index (κ1) is 14.2. The summed E-state index contributed by atoms with van der Waals surface area (Å²) in [5, 5.41) is 2.94. The molecule has 9 heteroatoms. The molecule has 0 unspecified atom stereocenters. The summed E-state index contributed by atoms with van der Waals surface area (Å²) in [6, 6.07) is 2.47. The molecule has 100 valence electrons. The van der Waals surface area contributed by atoms with E-state index in [0.29, 0.717) is 10.2 Å². The minimum absolute atomic E-state index is 0.0382. The van der Waals surface area contributed by atoms with Crippen LogP contribution in [0, 0.1) is 5.82 Å². The Morgan fingerprint density at radius 3 is 2.63 bits per heavy atom. The number of nitrogens with zero attached hydrogens (tertiary/aromatic N) is 3. The highest BCUT2D eigenvalue weighted by Gasteiger charge is 2.11. The monoisotopic (exact) mass is 366 g/mol. The third-order valence-electron chi connectivity index (χ3n) is 2.01. The molecular formula is C10H6BrCl2FN4O. The van der Waals surface area contributed by atoms with Crippen molar-refractivity contribution in [1.29, 1.82) is 0 Å². The van der Waals surface area contributed by atoms with Crippen LogP contribution < -0.4 is 10.1 Å². The van der Waals surface area contributed by atoms with Gasteiger partial charge in [0.1, 0.15) is 5.82 Å². The fourth-order valence-electron chi connectivity index (χ4n) is 1.25. The molecule has 0 spiro atoms. The van der Waals surface area contributed by atoms with Crippen LogP contribution >= 0.6 is 39.1 Å². The van der Waals surface area contributed by atoms with E-state index in [9.17, 15) is 4.39 Å². The van der Waals surface area contributed by atoms with Crippen molar-refractivity contribution in [3.05, 3.63) is 32.7 Å². The fourth-order valence-corrected chi connectivity index (χ4v) is 2.30. The van der Waals surface area contributed by atoms with Gasteiger partial charge >= 0.3 is 6.01 Å². The molecule has 0 aliphatic carbocycles. The van der Waals surface area contributed by atoms with Gasteiger partial charge < -0.3 is 10.1 Å². The predicted molar refractivity (Wildman–Crippen MR) is 73.8 cm³/mol. The number of methoxy groups -OCH3 is 1. The molecule has 1 aromatic heterocycles. The molecular weight excluding hydrogens is 362 g/mol. The number of anilines is 2. The van der Waals surface area contributed by atoms with Crippen molar-refractivity contribution in [2.24, 2.45) is 0 Å². The Morgan fingerprint density at radius 2 is 2.00 bits per heavy atom. The lowest BCUT2D eigenvalue weighted by atomic mass is 10.3. The van der Waals surface area contributed by atoms with E-state index < -0.39 is 5.82 Å². The van der Waals surface area contributed by atoms with Crippen LogP contribution in [0.25, 0.3) is 0 Å². The van der Waals surface area contributed by atoms with E-state index in [4.69, 9.17) is 27.9 Å². The number of ether oxygens (including phenoxy) is 1. The Labute approximate surface area is 126 Å². The van der Waals surface area contributed by atoms with Crippen LogP contribution in [-0.2, 0) is 0 Å². The van der Waals surface area contributed by atoms with Crippen LogP contribution in [0.5, 0.6) is 6.01 Å². The molecule has 0 amide bonds. The second-order valence-electron chi connectivity index (χ2n) is 3.28. The van der Waals surface area contributed by atoms with Crippen LogP contribution in [0.4, 0.5) is 16.0 Å². The van der Waals surface area contributed by atoms with Gasteiger partial charge in [-0.3, -0.25) is 0 Å². The van der Waals surface area contributed by atoms with Gasteiger partial charge in [-0.15, -0.1) is 0 Å². The molecule has 1 N–H and O–H groups in total. The maximum atomic E-state index is 13.1. The molecule has 0 fully saturated rings. The molecule has 1 heterocycles. The van der Waals surface area contributed by atoms with Crippen LogP contribution in [0.3, 0.4) is 0 Å². The minimum atomic E-state index is -0.464. The summed E-state index contributed by atoms with van der Waals surface area (Å²) >= 11 is 14.8. The van der Waals surface area contributed by atoms with E-state index in [-0.39, 0.29) is 22.3 Å². The average molecular weight is 368 g/mol. The summed E-state index contributed by atoms with van der Waals surface area (Å²) in [6.45, 7) is 0. The first-order chi connectivity index (χ1) is 8.99. The number of hydrogen-bond acceptors (Lipinski definition) is 5. The standard InChI is InChI=1S/C10H6BrCl2FN4O/c1-19-10-17-8(13)16-9(18-10)15-7-5(11)2-4(14)3-6(7)12/h2-3H,1H3,(H,15,16,17,18). The summed E-state index contributed by atoms with van der Waals surface area (Å²) in [7, 11) is 1.40. The highest BCUT2D eigenvalue weighted by molar-refractivity contribution is 9.10. The van der Waals surface area contributed by atoms with Gasteiger partial charge in [0.25, 0.3) is 0 Å². The van der Waals surface area contributed by atoms with Crippen LogP contribution in [0.1, 0.15) is 0 Å². The van der Waals surface area contributed by atoms with Gasteiger partial charge in [-0.1, -0.05) is 11.6 Å². The number of benzene rings is 1. The third-order valence-corrected chi connectivity index (χ3v) is 3.11. The maximum Gasteiger partial charge on any atom is 0.322 e. The molecule has 0 bridgehead atoms. The molecule has 0 saturated heterocycles. The van der Waals surface area contributed by atoms with E-state index in [1.165, 1.54) is 13.2 Å². The molecule has 5 nitrogen and oxygen atoms in total. The van der Waals surface area contributed by atoms with Gasteiger partial charge in [-0.2, -0.15) is 15.0 Å². The quantitative estimate of drug-likeness (QED) is 0.893. The average Bonchev–Trinajstić information content (AvgIpc) is 2.33. The van der Waals surface area contributed by atoms with E-state index >= 15 is 0 Å².